The quantitative estimate of drug-likeness (QED) is 0.105. The summed E-state index contributed by atoms with van der Waals surface area (Å²) in [5, 5.41) is 53.6. The predicted molar refractivity (Wildman–Crippen MR) is 198 cm³/mol. The van der Waals surface area contributed by atoms with Crippen LogP contribution in [0.2, 0.25) is 5.02 Å². The Morgan fingerprint density at radius 3 is 1.60 bits per heavy atom. The van der Waals surface area contributed by atoms with Crippen molar-refractivity contribution in [3.05, 3.63) is 137 Å². The maximum atomic E-state index is 10.1. The van der Waals surface area contributed by atoms with Gasteiger partial charge in [-0.25, -0.2) is 0 Å². The largest absolute Gasteiger partial charge is 0.508 e. The fourth-order valence-corrected chi connectivity index (χ4v) is 5.53. The minimum Gasteiger partial charge on any atom is -0.508 e. The van der Waals surface area contributed by atoms with Gasteiger partial charge in [-0.15, -0.1) is 0 Å². The Morgan fingerprint density at radius 2 is 1.10 bits per heavy atom. The number of methoxy groups -OCH3 is 1. The molecule has 6 N–H and O–H groups in total. The Balaban J connectivity index is 0.000000157. The highest BCUT2D eigenvalue weighted by Gasteiger charge is 2.19. The van der Waals surface area contributed by atoms with Gasteiger partial charge in [-0.2, -0.15) is 10.2 Å². The molecule has 0 aliphatic carbocycles. The monoisotopic (exact) mass is 688 g/mol. The number of aromatic hydroxyl groups is 4. The van der Waals surface area contributed by atoms with Crippen LogP contribution in [0.5, 0.6) is 28.7 Å². The summed E-state index contributed by atoms with van der Waals surface area (Å²) in [5.74, 6) is 0.732. The van der Waals surface area contributed by atoms with Crippen LogP contribution in [0.3, 0.4) is 0 Å². The third-order valence-corrected chi connectivity index (χ3v) is 8.10. The van der Waals surface area contributed by atoms with E-state index >= 15 is 0 Å². The van der Waals surface area contributed by atoms with Crippen LogP contribution in [-0.4, -0.2) is 47.9 Å². The van der Waals surface area contributed by atoms with E-state index in [-0.39, 0.29) is 28.0 Å². The molecule has 9 nitrogen and oxygen atoms in total. The van der Waals surface area contributed by atoms with E-state index in [1.165, 1.54) is 29.8 Å². The molecule has 10 heteroatoms. The summed E-state index contributed by atoms with van der Waals surface area (Å²) in [6.07, 6.45) is 0. The molecule has 0 aliphatic heterocycles. The van der Waals surface area contributed by atoms with E-state index in [0.29, 0.717) is 22.5 Å². The zero-order valence-electron chi connectivity index (χ0n) is 27.9. The highest BCUT2D eigenvalue weighted by molar-refractivity contribution is 6.32. The van der Waals surface area contributed by atoms with E-state index in [9.17, 15) is 20.4 Å². The number of aryl methyl sites for hydroxylation is 3. The van der Waals surface area contributed by atoms with Gasteiger partial charge in [0.1, 0.15) is 40.1 Å². The molecule has 0 aliphatic rings. The first-order chi connectivity index (χ1) is 24.1. The molecule has 2 aromatic heterocycles. The van der Waals surface area contributed by atoms with Gasteiger partial charge in [-0.1, -0.05) is 84.4 Å². The molecule has 0 fully saturated rings. The normalized spacial score (nSPS) is 10.4. The number of ether oxygens (including phenoxy) is 1. The van der Waals surface area contributed by atoms with Gasteiger partial charge in [0.05, 0.1) is 12.1 Å². The van der Waals surface area contributed by atoms with Crippen molar-refractivity contribution < 1.29 is 25.2 Å². The van der Waals surface area contributed by atoms with E-state index in [1.807, 2.05) is 106 Å². The van der Waals surface area contributed by atoms with E-state index < -0.39 is 0 Å². The molecular formula is C40H37ClN4O5. The summed E-state index contributed by atoms with van der Waals surface area (Å²) in [6, 6.07) is 34.8. The second-order valence-corrected chi connectivity index (χ2v) is 11.8. The molecule has 254 valence electrons. The third-order valence-electron chi connectivity index (χ3n) is 7.80. The van der Waals surface area contributed by atoms with Gasteiger partial charge in [0, 0.05) is 45.8 Å². The lowest BCUT2D eigenvalue weighted by Crippen LogP contribution is -1.85. The second-order valence-electron chi connectivity index (χ2n) is 11.4. The van der Waals surface area contributed by atoms with Crippen molar-refractivity contribution >= 4 is 11.6 Å². The average Bonchev–Trinajstić information content (AvgIpc) is 3.69. The van der Waals surface area contributed by atoms with Gasteiger partial charge in [-0.05, 0) is 67.8 Å². The van der Waals surface area contributed by atoms with Crippen molar-refractivity contribution in [1.82, 2.24) is 20.4 Å². The number of nitrogens with one attached hydrogen (secondary N) is 2. The van der Waals surface area contributed by atoms with Crippen molar-refractivity contribution in [3.63, 3.8) is 0 Å². The molecule has 0 atom stereocenters. The summed E-state index contributed by atoms with van der Waals surface area (Å²) in [6.45, 7) is 5.90. The van der Waals surface area contributed by atoms with Crippen molar-refractivity contribution in [3.8, 4) is 73.5 Å². The van der Waals surface area contributed by atoms with E-state index in [1.54, 1.807) is 13.2 Å². The lowest BCUT2D eigenvalue weighted by Gasteiger charge is -2.08. The molecule has 7 rings (SSSR count). The molecule has 2 heterocycles. The molecule has 0 spiro atoms. The fourth-order valence-electron chi connectivity index (χ4n) is 5.37. The summed E-state index contributed by atoms with van der Waals surface area (Å²) < 4.78 is 5.00. The van der Waals surface area contributed by atoms with E-state index in [2.05, 4.69) is 20.4 Å². The Morgan fingerprint density at radius 1 is 0.560 bits per heavy atom. The zero-order chi connectivity index (χ0) is 35.8. The number of rotatable bonds is 5. The number of aromatic nitrogens is 4. The van der Waals surface area contributed by atoms with Crippen molar-refractivity contribution in [2.45, 2.75) is 20.8 Å². The number of benzene rings is 5. The molecule has 7 aromatic rings. The Bertz CT molecular complexity index is 2200. The fraction of sp³-hybridized carbons (Fsp3) is 0.100. The van der Waals surface area contributed by atoms with Crippen LogP contribution in [0, 0.1) is 20.8 Å². The summed E-state index contributed by atoms with van der Waals surface area (Å²) >= 11 is 5.94. The number of hydrogen-bond acceptors (Lipinski definition) is 7. The molecule has 0 radical (unpaired) electrons. The van der Waals surface area contributed by atoms with E-state index in [0.717, 1.165) is 39.4 Å². The van der Waals surface area contributed by atoms with Gasteiger partial charge in [0.15, 0.2) is 0 Å². The van der Waals surface area contributed by atoms with Gasteiger partial charge >= 0.3 is 0 Å². The van der Waals surface area contributed by atoms with Crippen molar-refractivity contribution in [2.75, 3.05) is 7.11 Å². The number of halogens is 1. The summed E-state index contributed by atoms with van der Waals surface area (Å²) in [4.78, 5) is 0. The molecular weight excluding hydrogens is 652 g/mol. The molecule has 0 saturated carbocycles. The topological polar surface area (TPSA) is 148 Å². The molecule has 0 amide bonds. The number of nitrogens with zero attached hydrogens (tertiary/aromatic N) is 2. The summed E-state index contributed by atoms with van der Waals surface area (Å²) in [7, 11) is 1.68. The number of hydrogen-bond donors (Lipinski definition) is 6. The number of H-pyrrole nitrogens is 2. The van der Waals surface area contributed by atoms with Crippen LogP contribution >= 0.6 is 11.6 Å². The zero-order valence-corrected chi connectivity index (χ0v) is 28.7. The Labute approximate surface area is 295 Å². The summed E-state index contributed by atoms with van der Waals surface area (Å²) in [5.41, 5.74) is 9.24. The van der Waals surface area contributed by atoms with Crippen LogP contribution in [0.25, 0.3) is 44.8 Å². The lowest BCUT2D eigenvalue weighted by molar-refractivity contribution is 0.414. The highest BCUT2D eigenvalue weighted by atomic mass is 35.5. The molecule has 0 bridgehead atoms. The van der Waals surface area contributed by atoms with Crippen LogP contribution in [0.4, 0.5) is 0 Å². The molecule has 5 aromatic carbocycles. The highest BCUT2D eigenvalue weighted by Crippen LogP contribution is 2.41. The van der Waals surface area contributed by atoms with Crippen LogP contribution in [-0.2, 0) is 0 Å². The van der Waals surface area contributed by atoms with Crippen LogP contribution < -0.4 is 4.74 Å². The maximum Gasteiger partial charge on any atom is 0.137 e. The lowest BCUT2D eigenvalue weighted by atomic mass is 9.99. The van der Waals surface area contributed by atoms with E-state index in [4.69, 9.17) is 16.3 Å². The van der Waals surface area contributed by atoms with Gasteiger partial charge < -0.3 is 25.2 Å². The SMILES string of the molecule is COc1cccc(C)c1.Cc1[nH]nc(-c2cc(Cl)c(O)cc2O)c1-c1ccccc1.Cc1[nH]nc(-c2ccc(O)cc2O)c1-c1ccccc1. The maximum absolute atomic E-state index is 10.1. The number of phenolic OH excluding ortho intramolecular Hbond substituents is 4. The minimum atomic E-state index is -0.161. The molecule has 50 heavy (non-hydrogen) atoms. The second kappa shape index (κ2) is 15.8. The number of aromatic amines is 2. The Kier molecular flexibility index (Phi) is 11.1. The van der Waals surface area contributed by atoms with Crippen LogP contribution in [0.15, 0.2) is 115 Å². The van der Waals surface area contributed by atoms with Gasteiger partial charge in [-0.3, -0.25) is 10.2 Å². The Hall–Kier alpha value is -6.19. The minimum absolute atomic E-state index is 0.00804. The first kappa shape index (κ1) is 35.1. The number of phenols is 4. The first-order valence-corrected chi connectivity index (χ1v) is 16.0. The standard InChI is InChI=1S/C16H13ClN2O2.C16H14N2O2.C8H10O/c1-9-15(10-5-3-2-4-6-10)16(19-18-9)11-7-12(17)14(21)8-13(11)20;1-10-15(11-5-3-2-4-6-11)16(18-17-10)13-8-7-12(19)9-14(13)20;1-7-4-3-5-8(6-7)9-2/h2-8,20-21H,1H3,(H,18,19);2-9,19-20H,1H3,(H,17,18);3-6H,1-2H3. The van der Waals surface area contributed by atoms with Crippen molar-refractivity contribution in [2.24, 2.45) is 0 Å². The van der Waals surface area contributed by atoms with Crippen molar-refractivity contribution in [1.29, 1.82) is 0 Å². The average molecular weight is 689 g/mol. The molecule has 0 unspecified atom stereocenters. The molecule has 0 saturated heterocycles. The third kappa shape index (κ3) is 8.08. The van der Waals surface area contributed by atoms with Gasteiger partial charge in [0.2, 0.25) is 0 Å². The smallest absolute Gasteiger partial charge is 0.137 e. The van der Waals surface area contributed by atoms with Gasteiger partial charge in [0.25, 0.3) is 0 Å². The first-order valence-electron chi connectivity index (χ1n) is 15.6. The predicted octanol–water partition coefficient (Wildman–Crippen LogP) is 9.58. The van der Waals surface area contributed by atoms with Crippen LogP contribution in [0.1, 0.15) is 17.0 Å².